The van der Waals surface area contributed by atoms with Crippen LogP contribution in [0.5, 0.6) is 0 Å². The lowest BCUT2D eigenvalue weighted by Crippen LogP contribution is -2.53. The first-order valence-corrected chi connectivity index (χ1v) is 10.3. The van der Waals surface area contributed by atoms with Crippen molar-refractivity contribution < 1.29 is 22.7 Å². The zero-order chi connectivity index (χ0) is 20.4. The Balaban J connectivity index is 1.97. The van der Waals surface area contributed by atoms with Crippen molar-refractivity contribution in [1.29, 1.82) is 0 Å². The third-order valence-electron chi connectivity index (χ3n) is 4.46. The summed E-state index contributed by atoms with van der Waals surface area (Å²) in [5.74, 6) is -0.489. The monoisotopic (exact) mass is 407 g/mol. The number of sulfonamides is 1. The molecule has 1 saturated heterocycles. The van der Waals surface area contributed by atoms with E-state index >= 15 is 0 Å². The molecule has 2 heterocycles. The van der Waals surface area contributed by atoms with Gasteiger partial charge in [0, 0.05) is 24.6 Å². The van der Waals surface area contributed by atoms with E-state index in [4.69, 9.17) is 4.74 Å². The molecule has 7 nitrogen and oxygen atoms in total. The molecule has 28 heavy (non-hydrogen) atoms. The van der Waals surface area contributed by atoms with Crippen LogP contribution in [-0.4, -0.2) is 36.7 Å². The molecule has 0 bridgehead atoms. The van der Waals surface area contributed by atoms with Crippen LogP contribution in [0.2, 0.25) is 0 Å². The van der Waals surface area contributed by atoms with Gasteiger partial charge >= 0.3 is 0 Å². The first-order valence-electron chi connectivity index (χ1n) is 8.78. The van der Waals surface area contributed by atoms with Crippen LogP contribution in [0.15, 0.2) is 53.8 Å². The summed E-state index contributed by atoms with van der Waals surface area (Å²) in [6.45, 7) is 3.04. The lowest BCUT2D eigenvalue weighted by molar-refractivity contribution is 0.0757. The van der Waals surface area contributed by atoms with E-state index in [0.717, 1.165) is 0 Å². The number of nitrogens with zero attached hydrogens (tertiary/aromatic N) is 2. The predicted octanol–water partition coefficient (Wildman–Crippen LogP) is 2.47. The van der Waals surface area contributed by atoms with Crippen LogP contribution in [0, 0.1) is 5.82 Å². The number of hydrogen-bond acceptors (Lipinski definition) is 6. The average molecular weight is 407 g/mol. The molecule has 3 rings (SSSR count). The minimum atomic E-state index is -3.89. The highest BCUT2D eigenvalue weighted by Crippen LogP contribution is 2.38. The molecule has 1 aromatic heterocycles. The number of rotatable bonds is 5. The highest BCUT2D eigenvalue weighted by Gasteiger charge is 2.48. The van der Waals surface area contributed by atoms with E-state index < -0.39 is 32.7 Å². The lowest BCUT2D eigenvalue weighted by atomic mass is 9.99. The zero-order valence-electron chi connectivity index (χ0n) is 15.5. The highest BCUT2D eigenvalue weighted by atomic mass is 32.2. The van der Waals surface area contributed by atoms with Crippen molar-refractivity contribution in [3.05, 3.63) is 65.7 Å². The number of halogens is 1. The van der Waals surface area contributed by atoms with Gasteiger partial charge in [0.15, 0.2) is 0 Å². The summed E-state index contributed by atoms with van der Waals surface area (Å²) in [5.41, 5.74) is -0.413. The summed E-state index contributed by atoms with van der Waals surface area (Å²) in [6.07, 6.45) is 3.15. The molecular formula is C19H22FN3O4S. The van der Waals surface area contributed by atoms with Gasteiger partial charge in [-0.1, -0.05) is 24.3 Å². The van der Waals surface area contributed by atoms with Gasteiger partial charge in [-0.2, -0.15) is 0 Å². The Morgan fingerprint density at radius 1 is 1.32 bits per heavy atom. The van der Waals surface area contributed by atoms with Gasteiger partial charge in [-0.25, -0.2) is 22.5 Å². The van der Waals surface area contributed by atoms with Gasteiger partial charge in [-0.15, -0.1) is 0 Å². The van der Waals surface area contributed by atoms with Crippen LogP contribution in [0.4, 0.5) is 4.39 Å². The second-order valence-electron chi connectivity index (χ2n) is 7.00. The maximum absolute atomic E-state index is 14.2. The molecule has 1 aromatic carbocycles. The van der Waals surface area contributed by atoms with Gasteiger partial charge in [0.1, 0.15) is 16.7 Å². The molecule has 0 spiro atoms. The Labute approximate surface area is 163 Å². The summed E-state index contributed by atoms with van der Waals surface area (Å²) in [7, 11) is -3.89. The van der Waals surface area contributed by atoms with Crippen molar-refractivity contribution in [3.63, 3.8) is 0 Å². The molecule has 1 aliphatic heterocycles. The molecule has 150 valence electrons. The number of aliphatic hydroxyl groups is 1. The SMILES string of the molecule is CC1(C)OC(=NC(CCO)c2ccccc2F)NS(=O)(=O)C1c1cccnc1. The largest absolute Gasteiger partial charge is 0.457 e. The minimum absolute atomic E-state index is 0.113. The van der Waals surface area contributed by atoms with Crippen molar-refractivity contribution in [3.8, 4) is 0 Å². The van der Waals surface area contributed by atoms with Crippen LogP contribution in [0.3, 0.4) is 0 Å². The Kier molecular flexibility index (Phi) is 5.66. The Morgan fingerprint density at radius 3 is 2.68 bits per heavy atom. The fraction of sp³-hybridized carbons (Fsp3) is 0.368. The topological polar surface area (TPSA) is 101 Å². The fourth-order valence-corrected chi connectivity index (χ4v) is 5.09. The number of ether oxygens (including phenoxy) is 1. The van der Waals surface area contributed by atoms with Crippen molar-refractivity contribution in [2.24, 2.45) is 4.99 Å². The summed E-state index contributed by atoms with van der Waals surface area (Å²) in [6, 6.07) is 8.31. The number of amidine groups is 1. The zero-order valence-corrected chi connectivity index (χ0v) is 16.4. The van der Waals surface area contributed by atoms with Gasteiger partial charge < -0.3 is 9.84 Å². The molecule has 2 N–H and O–H groups in total. The summed E-state index contributed by atoms with van der Waals surface area (Å²) >= 11 is 0. The maximum atomic E-state index is 14.2. The Hall–Kier alpha value is -2.52. The highest BCUT2D eigenvalue weighted by molar-refractivity contribution is 7.90. The minimum Gasteiger partial charge on any atom is -0.457 e. The number of pyridine rings is 1. The molecule has 1 fully saturated rings. The molecule has 0 amide bonds. The van der Waals surface area contributed by atoms with Crippen molar-refractivity contribution in [2.75, 3.05) is 6.61 Å². The van der Waals surface area contributed by atoms with Gasteiger partial charge in [-0.3, -0.25) is 4.98 Å². The predicted molar refractivity (Wildman–Crippen MR) is 102 cm³/mol. The van der Waals surface area contributed by atoms with Gasteiger partial charge in [0.05, 0.1) is 6.04 Å². The van der Waals surface area contributed by atoms with Crippen molar-refractivity contribution >= 4 is 16.0 Å². The smallest absolute Gasteiger partial charge is 0.299 e. The van der Waals surface area contributed by atoms with Crippen LogP contribution in [-0.2, 0) is 14.8 Å². The van der Waals surface area contributed by atoms with Gasteiger partial charge in [-0.05, 0) is 38.0 Å². The first kappa shape index (κ1) is 20.2. The molecule has 1 aliphatic rings. The molecule has 0 radical (unpaired) electrons. The van der Waals surface area contributed by atoms with E-state index in [1.807, 2.05) is 0 Å². The van der Waals surface area contributed by atoms with E-state index in [1.165, 1.54) is 12.3 Å². The van der Waals surface area contributed by atoms with Crippen molar-refractivity contribution in [1.82, 2.24) is 9.71 Å². The Morgan fingerprint density at radius 2 is 2.07 bits per heavy atom. The maximum Gasteiger partial charge on any atom is 0.299 e. The van der Waals surface area contributed by atoms with Gasteiger partial charge in [0.25, 0.3) is 6.02 Å². The van der Waals surface area contributed by atoms with E-state index in [0.29, 0.717) is 5.56 Å². The third kappa shape index (κ3) is 4.15. The van der Waals surface area contributed by atoms with Crippen LogP contribution in [0.25, 0.3) is 0 Å². The van der Waals surface area contributed by atoms with E-state index in [9.17, 15) is 17.9 Å². The molecule has 2 unspecified atom stereocenters. The average Bonchev–Trinajstić information content (AvgIpc) is 2.60. The number of aliphatic hydroxyl groups excluding tert-OH is 1. The number of hydrogen-bond donors (Lipinski definition) is 2. The molecule has 9 heteroatoms. The third-order valence-corrected chi connectivity index (χ3v) is 6.38. The second-order valence-corrected chi connectivity index (χ2v) is 8.77. The van der Waals surface area contributed by atoms with E-state index in [2.05, 4.69) is 14.7 Å². The number of benzene rings is 1. The number of aliphatic imine (C=N–C) groups is 1. The fourth-order valence-electron chi connectivity index (χ4n) is 3.34. The first-order chi connectivity index (χ1) is 13.2. The molecule has 0 aliphatic carbocycles. The molecule has 0 saturated carbocycles. The molecule has 2 aromatic rings. The normalized spacial score (nSPS) is 22.9. The molecular weight excluding hydrogens is 385 g/mol. The van der Waals surface area contributed by atoms with E-state index in [1.54, 1.807) is 50.4 Å². The van der Waals surface area contributed by atoms with Crippen LogP contribution < -0.4 is 4.72 Å². The Bertz CT molecular complexity index is 964. The molecule has 2 atom stereocenters. The van der Waals surface area contributed by atoms with Gasteiger partial charge in [0.2, 0.25) is 10.0 Å². The van der Waals surface area contributed by atoms with Crippen molar-refractivity contribution in [2.45, 2.75) is 37.2 Å². The quantitative estimate of drug-likeness (QED) is 0.793. The van der Waals surface area contributed by atoms with Crippen LogP contribution in [0.1, 0.15) is 42.7 Å². The summed E-state index contributed by atoms with van der Waals surface area (Å²) in [4.78, 5) is 8.25. The number of aromatic nitrogens is 1. The number of nitrogens with one attached hydrogen (secondary N) is 1. The second kappa shape index (κ2) is 7.84. The lowest BCUT2D eigenvalue weighted by Gasteiger charge is -2.39. The summed E-state index contributed by atoms with van der Waals surface area (Å²) < 4.78 is 48.2. The van der Waals surface area contributed by atoms with E-state index in [-0.39, 0.29) is 24.6 Å². The van der Waals surface area contributed by atoms with Crippen LogP contribution >= 0.6 is 0 Å². The summed E-state index contributed by atoms with van der Waals surface area (Å²) in [5, 5.41) is 8.33. The standard InChI is InChI=1S/C19H22FN3O4S/c1-19(2)17(13-6-5-10-21-12-13)28(25,26)23-18(27-19)22-16(9-11-24)14-7-3-4-8-15(14)20/h3-8,10,12,16-17,24H,9,11H2,1-2H3,(H,22,23).